The molecule has 0 aliphatic rings. The number of halogens is 1. The van der Waals surface area contributed by atoms with Crippen LogP contribution in [0.5, 0.6) is 5.75 Å². The molecule has 0 spiro atoms. The minimum atomic E-state index is -0.341. The minimum absolute atomic E-state index is 0.341. The van der Waals surface area contributed by atoms with Gasteiger partial charge in [0.1, 0.15) is 17.9 Å². The summed E-state index contributed by atoms with van der Waals surface area (Å²) < 4.78 is 19.6. The van der Waals surface area contributed by atoms with Crippen molar-refractivity contribution < 1.29 is 9.13 Å². The highest BCUT2D eigenvalue weighted by Gasteiger charge is 2.10. The summed E-state index contributed by atoms with van der Waals surface area (Å²) >= 11 is 0. The maximum Gasteiger partial charge on any atom is 0.184 e. The summed E-state index contributed by atoms with van der Waals surface area (Å²) in [6.07, 6.45) is 1.58. The fourth-order valence-corrected chi connectivity index (χ4v) is 1.31. The van der Waals surface area contributed by atoms with E-state index >= 15 is 0 Å². The second-order valence-corrected chi connectivity index (χ2v) is 3.09. The molecule has 0 fully saturated rings. The third kappa shape index (κ3) is 1.81. The smallest absolute Gasteiger partial charge is 0.184 e. The molecule has 0 saturated carbocycles. The predicted molar refractivity (Wildman–Crippen MR) is 52.9 cm³/mol. The van der Waals surface area contributed by atoms with Crippen LogP contribution in [0.15, 0.2) is 24.5 Å². The van der Waals surface area contributed by atoms with Gasteiger partial charge in [-0.2, -0.15) is 5.10 Å². The summed E-state index contributed by atoms with van der Waals surface area (Å²) in [7, 11) is 3.26. The van der Waals surface area contributed by atoms with E-state index < -0.39 is 0 Å². The van der Waals surface area contributed by atoms with Crippen LogP contribution in [0, 0.1) is 5.82 Å². The summed E-state index contributed by atoms with van der Waals surface area (Å²) in [6.45, 7) is 0. The Labute approximate surface area is 86.3 Å². The third-order valence-electron chi connectivity index (χ3n) is 2.00. The standard InChI is InChI=1S/C10H10FN3O/c1-14-6-12-10(13-14)8-4-3-7(11)5-9(8)15-2/h3-6H,1-2H3. The molecule has 0 aliphatic carbocycles. The van der Waals surface area contributed by atoms with E-state index in [0.717, 1.165) is 0 Å². The van der Waals surface area contributed by atoms with E-state index in [-0.39, 0.29) is 5.82 Å². The van der Waals surface area contributed by atoms with Gasteiger partial charge in [-0.15, -0.1) is 0 Å². The summed E-state index contributed by atoms with van der Waals surface area (Å²) in [4.78, 5) is 4.07. The maximum absolute atomic E-state index is 12.9. The molecule has 0 bridgehead atoms. The first kappa shape index (κ1) is 9.64. The molecule has 0 amide bonds. The van der Waals surface area contributed by atoms with Crippen LogP contribution in [0.4, 0.5) is 4.39 Å². The molecule has 0 radical (unpaired) electrons. The van der Waals surface area contributed by atoms with Crippen molar-refractivity contribution >= 4 is 0 Å². The lowest BCUT2D eigenvalue weighted by Crippen LogP contribution is -1.92. The largest absolute Gasteiger partial charge is 0.496 e. The molecule has 1 heterocycles. The first-order valence-electron chi connectivity index (χ1n) is 4.40. The molecule has 1 aromatic heterocycles. The zero-order chi connectivity index (χ0) is 10.8. The van der Waals surface area contributed by atoms with Crippen LogP contribution < -0.4 is 4.74 Å². The highest BCUT2D eigenvalue weighted by Crippen LogP contribution is 2.27. The van der Waals surface area contributed by atoms with Gasteiger partial charge in [0.2, 0.25) is 0 Å². The summed E-state index contributed by atoms with van der Waals surface area (Å²) in [5.74, 6) is 0.613. The Morgan fingerprint density at radius 2 is 2.20 bits per heavy atom. The normalized spacial score (nSPS) is 10.3. The monoisotopic (exact) mass is 207 g/mol. The van der Waals surface area contributed by atoms with Gasteiger partial charge < -0.3 is 4.74 Å². The average Bonchev–Trinajstić information content (AvgIpc) is 2.64. The quantitative estimate of drug-likeness (QED) is 0.751. The molecule has 2 rings (SSSR count). The van der Waals surface area contributed by atoms with Crippen molar-refractivity contribution in [2.75, 3.05) is 7.11 Å². The Balaban J connectivity index is 2.52. The fraction of sp³-hybridized carbons (Fsp3) is 0.200. The number of methoxy groups -OCH3 is 1. The number of benzene rings is 1. The van der Waals surface area contributed by atoms with E-state index in [2.05, 4.69) is 10.1 Å². The Hall–Kier alpha value is -1.91. The third-order valence-corrected chi connectivity index (χ3v) is 2.00. The first-order chi connectivity index (χ1) is 7.20. The number of aromatic nitrogens is 3. The molecule has 2 aromatic rings. The van der Waals surface area contributed by atoms with E-state index in [9.17, 15) is 4.39 Å². The second kappa shape index (κ2) is 3.68. The Kier molecular flexibility index (Phi) is 2.37. The molecule has 0 aliphatic heterocycles. The summed E-state index contributed by atoms with van der Waals surface area (Å²) in [5, 5.41) is 4.12. The predicted octanol–water partition coefficient (Wildman–Crippen LogP) is 1.63. The summed E-state index contributed by atoms with van der Waals surface area (Å²) in [5.41, 5.74) is 0.680. The molecule has 0 N–H and O–H groups in total. The first-order valence-corrected chi connectivity index (χ1v) is 4.40. The maximum atomic E-state index is 12.9. The van der Waals surface area contributed by atoms with Crippen molar-refractivity contribution in [3.05, 3.63) is 30.3 Å². The highest BCUT2D eigenvalue weighted by molar-refractivity contribution is 5.63. The van der Waals surface area contributed by atoms with Crippen LogP contribution in [0.1, 0.15) is 0 Å². The zero-order valence-corrected chi connectivity index (χ0v) is 8.44. The molecule has 0 saturated heterocycles. The van der Waals surface area contributed by atoms with E-state index in [1.54, 1.807) is 24.1 Å². The SMILES string of the molecule is COc1cc(F)ccc1-c1ncn(C)n1. The van der Waals surface area contributed by atoms with E-state index in [1.165, 1.54) is 19.2 Å². The minimum Gasteiger partial charge on any atom is -0.496 e. The Morgan fingerprint density at radius 1 is 1.40 bits per heavy atom. The van der Waals surface area contributed by atoms with Crippen LogP contribution in [-0.4, -0.2) is 21.9 Å². The lowest BCUT2D eigenvalue weighted by Gasteiger charge is -2.04. The van der Waals surface area contributed by atoms with Gasteiger partial charge in [-0.25, -0.2) is 9.37 Å². The van der Waals surface area contributed by atoms with Crippen LogP contribution >= 0.6 is 0 Å². The number of hydrogen-bond acceptors (Lipinski definition) is 3. The Bertz CT molecular complexity index is 481. The van der Waals surface area contributed by atoms with Crippen LogP contribution in [0.25, 0.3) is 11.4 Å². The lowest BCUT2D eigenvalue weighted by atomic mass is 10.2. The van der Waals surface area contributed by atoms with Crippen molar-refractivity contribution in [1.82, 2.24) is 14.8 Å². The number of rotatable bonds is 2. The van der Waals surface area contributed by atoms with Crippen molar-refractivity contribution in [2.45, 2.75) is 0 Å². The number of aryl methyl sites for hydroxylation is 1. The molecule has 4 nitrogen and oxygen atoms in total. The fourth-order valence-electron chi connectivity index (χ4n) is 1.31. The van der Waals surface area contributed by atoms with E-state index in [4.69, 9.17) is 4.74 Å². The van der Waals surface area contributed by atoms with Gasteiger partial charge in [-0.1, -0.05) is 0 Å². The van der Waals surface area contributed by atoms with Crippen molar-refractivity contribution in [3.8, 4) is 17.1 Å². The molecular weight excluding hydrogens is 197 g/mol. The molecule has 78 valence electrons. The van der Waals surface area contributed by atoms with E-state index in [0.29, 0.717) is 17.1 Å². The van der Waals surface area contributed by atoms with E-state index in [1.807, 2.05) is 0 Å². The number of nitrogens with zero attached hydrogens (tertiary/aromatic N) is 3. The lowest BCUT2D eigenvalue weighted by molar-refractivity contribution is 0.412. The van der Waals surface area contributed by atoms with Gasteiger partial charge in [-0.3, -0.25) is 4.68 Å². The summed E-state index contributed by atoms with van der Waals surface area (Å²) in [6, 6.07) is 4.27. The number of hydrogen-bond donors (Lipinski definition) is 0. The topological polar surface area (TPSA) is 39.9 Å². The van der Waals surface area contributed by atoms with Crippen molar-refractivity contribution in [3.63, 3.8) is 0 Å². The molecule has 0 unspecified atom stereocenters. The molecular formula is C10H10FN3O. The molecule has 5 heteroatoms. The molecule has 1 aromatic carbocycles. The van der Waals surface area contributed by atoms with Crippen LogP contribution in [-0.2, 0) is 7.05 Å². The van der Waals surface area contributed by atoms with Crippen LogP contribution in [0.3, 0.4) is 0 Å². The van der Waals surface area contributed by atoms with Gasteiger partial charge in [0.25, 0.3) is 0 Å². The van der Waals surface area contributed by atoms with Crippen LogP contribution in [0.2, 0.25) is 0 Å². The van der Waals surface area contributed by atoms with Crippen molar-refractivity contribution in [2.24, 2.45) is 7.05 Å². The average molecular weight is 207 g/mol. The second-order valence-electron chi connectivity index (χ2n) is 3.09. The van der Waals surface area contributed by atoms with Gasteiger partial charge >= 0.3 is 0 Å². The highest BCUT2D eigenvalue weighted by atomic mass is 19.1. The zero-order valence-electron chi connectivity index (χ0n) is 8.44. The number of ether oxygens (including phenoxy) is 1. The van der Waals surface area contributed by atoms with Gasteiger partial charge in [0.05, 0.1) is 12.7 Å². The van der Waals surface area contributed by atoms with Crippen molar-refractivity contribution in [1.29, 1.82) is 0 Å². The molecule has 15 heavy (non-hydrogen) atoms. The van der Waals surface area contributed by atoms with Gasteiger partial charge in [-0.05, 0) is 12.1 Å². The Morgan fingerprint density at radius 3 is 2.80 bits per heavy atom. The van der Waals surface area contributed by atoms with Gasteiger partial charge in [0.15, 0.2) is 5.82 Å². The molecule has 0 atom stereocenters. The van der Waals surface area contributed by atoms with Gasteiger partial charge in [0, 0.05) is 13.1 Å².